The molecule has 0 saturated carbocycles. The number of carboxylic acids is 1. The van der Waals surface area contributed by atoms with E-state index in [1.807, 2.05) is 0 Å². The number of rotatable bonds is 2. The summed E-state index contributed by atoms with van der Waals surface area (Å²) in [4.78, 5) is 24.8. The molecule has 5 nitrogen and oxygen atoms in total. The molecule has 0 atom stereocenters. The molecule has 0 radical (unpaired) electrons. The summed E-state index contributed by atoms with van der Waals surface area (Å²) in [5.74, 6) is -1.16. The highest BCUT2D eigenvalue weighted by Gasteiger charge is 2.18. The maximum atomic E-state index is 12.2. The van der Waals surface area contributed by atoms with Crippen LogP contribution in [0.1, 0.15) is 27.1 Å². The van der Waals surface area contributed by atoms with Crippen molar-refractivity contribution in [3.63, 3.8) is 0 Å². The molecule has 0 aliphatic carbocycles. The second-order valence-corrected chi connectivity index (χ2v) is 4.14. The van der Waals surface area contributed by atoms with Gasteiger partial charge in [-0.2, -0.15) is 0 Å². The molecule has 0 bridgehead atoms. The maximum Gasteiger partial charge on any atom is 0.335 e. The molecule has 18 heavy (non-hydrogen) atoms. The number of aromatic carboxylic acids is 1. The van der Waals surface area contributed by atoms with Gasteiger partial charge in [-0.05, 0) is 24.6 Å². The summed E-state index contributed by atoms with van der Waals surface area (Å²) in [6.45, 7) is 2.40. The van der Waals surface area contributed by atoms with E-state index < -0.39 is 5.97 Å². The van der Waals surface area contributed by atoms with Crippen LogP contribution < -0.4 is 0 Å². The van der Waals surface area contributed by atoms with Crippen LogP contribution in [0.5, 0.6) is 0 Å². The number of ether oxygens (including phenoxy) is 1. The fourth-order valence-electron chi connectivity index (χ4n) is 1.92. The van der Waals surface area contributed by atoms with Gasteiger partial charge in [0.25, 0.3) is 5.91 Å². The zero-order valence-electron chi connectivity index (χ0n) is 9.96. The normalized spacial score (nSPS) is 16.1. The highest BCUT2D eigenvalue weighted by molar-refractivity contribution is 5.97. The number of hydrogen-bond donors (Lipinski definition) is 1. The van der Waals surface area contributed by atoms with E-state index in [4.69, 9.17) is 9.84 Å². The van der Waals surface area contributed by atoms with Crippen LogP contribution in [0.3, 0.4) is 0 Å². The van der Waals surface area contributed by atoms with E-state index in [1.165, 1.54) is 12.1 Å². The van der Waals surface area contributed by atoms with E-state index >= 15 is 0 Å². The van der Waals surface area contributed by atoms with Crippen LogP contribution >= 0.6 is 0 Å². The maximum absolute atomic E-state index is 12.2. The number of hydrogen-bond acceptors (Lipinski definition) is 3. The second kappa shape index (κ2) is 5.64. The quantitative estimate of drug-likeness (QED) is 0.856. The Morgan fingerprint density at radius 3 is 2.72 bits per heavy atom. The van der Waals surface area contributed by atoms with Gasteiger partial charge in [0.1, 0.15) is 0 Å². The summed E-state index contributed by atoms with van der Waals surface area (Å²) in [5.41, 5.74) is 0.545. The number of carbonyl (C=O) groups is 2. The molecule has 1 aromatic rings. The lowest BCUT2D eigenvalue weighted by Crippen LogP contribution is -2.33. The Labute approximate surface area is 105 Å². The lowest BCUT2D eigenvalue weighted by molar-refractivity contribution is 0.0697. The molecule has 1 aliphatic rings. The molecule has 1 aliphatic heterocycles. The largest absolute Gasteiger partial charge is 0.478 e. The molecule has 0 aromatic heterocycles. The standard InChI is InChI=1S/C13H15NO4/c15-12(14-5-2-7-18-8-6-14)10-3-1-4-11(9-10)13(16)17/h1,3-4,9H,2,5-8H2,(H,16,17). The van der Waals surface area contributed by atoms with Gasteiger partial charge < -0.3 is 14.7 Å². The minimum Gasteiger partial charge on any atom is -0.478 e. The van der Waals surface area contributed by atoms with Crippen molar-refractivity contribution in [3.05, 3.63) is 35.4 Å². The minimum absolute atomic E-state index is 0.131. The van der Waals surface area contributed by atoms with E-state index in [9.17, 15) is 9.59 Å². The molecule has 1 amide bonds. The molecule has 1 heterocycles. The predicted octanol–water partition coefficient (Wildman–Crippen LogP) is 1.25. The van der Waals surface area contributed by atoms with E-state index in [-0.39, 0.29) is 11.5 Å². The Morgan fingerprint density at radius 2 is 1.94 bits per heavy atom. The topological polar surface area (TPSA) is 66.8 Å². The first-order valence-electron chi connectivity index (χ1n) is 5.89. The van der Waals surface area contributed by atoms with E-state index in [2.05, 4.69) is 0 Å². The predicted molar refractivity (Wildman–Crippen MR) is 64.7 cm³/mol. The third kappa shape index (κ3) is 2.87. The van der Waals surface area contributed by atoms with Gasteiger partial charge in [0.05, 0.1) is 12.2 Å². The monoisotopic (exact) mass is 249 g/mol. The molecule has 2 rings (SSSR count). The van der Waals surface area contributed by atoms with E-state index in [0.29, 0.717) is 31.9 Å². The lowest BCUT2D eigenvalue weighted by Gasteiger charge is -2.19. The van der Waals surface area contributed by atoms with Crippen molar-refractivity contribution in [3.8, 4) is 0 Å². The first-order valence-corrected chi connectivity index (χ1v) is 5.89. The average molecular weight is 249 g/mol. The fraction of sp³-hybridized carbons (Fsp3) is 0.385. The summed E-state index contributed by atoms with van der Waals surface area (Å²) in [6, 6.07) is 6.12. The van der Waals surface area contributed by atoms with Gasteiger partial charge in [0.15, 0.2) is 0 Å². The number of carboxylic acid groups (broad SMARTS) is 1. The van der Waals surface area contributed by atoms with E-state index in [0.717, 1.165) is 6.42 Å². The highest BCUT2D eigenvalue weighted by atomic mass is 16.5. The summed E-state index contributed by atoms with van der Waals surface area (Å²) in [5, 5.41) is 8.90. The van der Waals surface area contributed by atoms with Gasteiger partial charge in [-0.3, -0.25) is 4.79 Å². The van der Waals surface area contributed by atoms with Crippen molar-refractivity contribution in [1.29, 1.82) is 0 Å². The van der Waals surface area contributed by atoms with Gasteiger partial charge in [0, 0.05) is 25.3 Å². The van der Waals surface area contributed by atoms with Crippen molar-refractivity contribution >= 4 is 11.9 Å². The van der Waals surface area contributed by atoms with Crippen LogP contribution in [-0.4, -0.2) is 48.2 Å². The van der Waals surface area contributed by atoms with Crippen LogP contribution in [0.15, 0.2) is 24.3 Å². The molecule has 1 fully saturated rings. The SMILES string of the molecule is O=C(O)c1cccc(C(=O)N2CCCOCC2)c1. The van der Waals surface area contributed by atoms with Gasteiger partial charge >= 0.3 is 5.97 Å². The third-order valence-electron chi connectivity index (χ3n) is 2.87. The van der Waals surface area contributed by atoms with Gasteiger partial charge in [-0.1, -0.05) is 6.07 Å². The molecule has 1 saturated heterocycles. The van der Waals surface area contributed by atoms with Crippen LogP contribution in [-0.2, 0) is 4.74 Å². The van der Waals surface area contributed by atoms with Crippen LogP contribution in [0, 0.1) is 0 Å². The molecule has 1 N–H and O–H groups in total. The van der Waals surface area contributed by atoms with Gasteiger partial charge in [0.2, 0.25) is 0 Å². The first kappa shape index (κ1) is 12.6. The molecule has 0 spiro atoms. The first-order chi connectivity index (χ1) is 8.68. The van der Waals surface area contributed by atoms with Gasteiger partial charge in [-0.15, -0.1) is 0 Å². The summed E-state index contributed by atoms with van der Waals surface area (Å²) < 4.78 is 5.28. The highest BCUT2D eigenvalue weighted by Crippen LogP contribution is 2.10. The van der Waals surface area contributed by atoms with Crippen LogP contribution in [0.4, 0.5) is 0 Å². The van der Waals surface area contributed by atoms with Crippen molar-refractivity contribution in [2.24, 2.45) is 0 Å². The van der Waals surface area contributed by atoms with E-state index in [1.54, 1.807) is 17.0 Å². The van der Waals surface area contributed by atoms with Crippen molar-refractivity contribution < 1.29 is 19.4 Å². The smallest absolute Gasteiger partial charge is 0.335 e. The van der Waals surface area contributed by atoms with Crippen molar-refractivity contribution in [2.45, 2.75) is 6.42 Å². The molecular formula is C13H15NO4. The number of amides is 1. The fourth-order valence-corrected chi connectivity index (χ4v) is 1.92. The Hall–Kier alpha value is -1.88. The zero-order valence-corrected chi connectivity index (χ0v) is 9.96. The Balaban J connectivity index is 2.16. The molecule has 5 heteroatoms. The summed E-state index contributed by atoms with van der Waals surface area (Å²) >= 11 is 0. The number of carbonyl (C=O) groups excluding carboxylic acids is 1. The number of nitrogens with zero attached hydrogens (tertiary/aromatic N) is 1. The molecule has 96 valence electrons. The molecule has 1 aromatic carbocycles. The average Bonchev–Trinajstić information content (AvgIpc) is 2.67. The Kier molecular flexibility index (Phi) is 3.94. The lowest BCUT2D eigenvalue weighted by atomic mass is 10.1. The molecule has 0 unspecified atom stereocenters. The third-order valence-corrected chi connectivity index (χ3v) is 2.87. The summed E-state index contributed by atoms with van der Waals surface area (Å²) in [7, 11) is 0. The summed E-state index contributed by atoms with van der Waals surface area (Å²) in [6.07, 6.45) is 0.810. The van der Waals surface area contributed by atoms with Crippen molar-refractivity contribution in [1.82, 2.24) is 4.90 Å². The Morgan fingerprint density at radius 1 is 1.17 bits per heavy atom. The number of benzene rings is 1. The second-order valence-electron chi connectivity index (χ2n) is 4.14. The molecular weight excluding hydrogens is 234 g/mol. The van der Waals surface area contributed by atoms with Crippen LogP contribution in [0.2, 0.25) is 0 Å². The van der Waals surface area contributed by atoms with Crippen molar-refractivity contribution in [2.75, 3.05) is 26.3 Å². The van der Waals surface area contributed by atoms with Gasteiger partial charge in [-0.25, -0.2) is 4.79 Å². The van der Waals surface area contributed by atoms with Crippen LogP contribution in [0.25, 0.3) is 0 Å². The Bertz CT molecular complexity index is 450. The zero-order chi connectivity index (χ0) is 13.0. The minimum atomic E-state index is -1.02.